The molecule has 0 saturated carbocycles. The van der Waals surface area contributed by atoms with Crippen LogP contribution in [0.4, 0.5) is 8.78 Å². The molecule has 24 heavy (non-hydrogen) atoms. The van der Waals surface area contributed by atoms with Crippen LogP contribution in [0, 0.1) is 11.6 Å². The van der Waals surface area contributed by atoms with Crippen LogP contribution in [0.15, 0.2) is 35.7 Å². The van der Waals surface area contributed by atoms with Gasteiger partial charge in [0, 0.05) is 22.5 Å². The van der Waals surface area contributed by atoms with Gasteiger partial charge in [0.15, 0.2) is 0 Å². The fourth-order valence-electron chi connectivity index (χ4n) is 2.51. The van der Waals surface area contributed by atoms with E-state index < -0.39 is 11.6 Å². The maximum Gasteiger partial charge on any atom is 0.234 e. The molecular formula is C18H22F2N2OS. The summed E-state index contributed by atoms with van der Waals surface area (Å²) in [5.74, 6) is -1.33. The molecule has 0 fully saturated rings. The third kappa shape index (κ3) is 4.85. The predicted molar refractivity (Wildman–Crippen MR) is 93.0 cm³/mol. The molecule has 2 rings (SSSR count). The lowest BCUT2D eigenvalue weighted by Gasteiger charge is -2.24. The van der Waals surface area contributed by atoms with Crippen molar-refractivity contribution in [1.29, 1.82) is 0 Å². The first-order valence-electron chi connectivity index (χ1n) is 7.84. The maximum absolute atomic E-state index is 13.7. The highest BCUT2D eigenvalue weighted by Crippen LogP contribution is 2.22. The zero-order valence-electron chi connectivity index (χ0n) is 14.1. The Bertz CT molecular complexity index is 655. The number of benzene rings is 1. The van der Waals surface area contributed by atoms with Gasteiger partial charge in [0.2, 0.25) is 5.91 Å². The normalized spacial score (nSPS) is 13.8. The van der Waals surface area contributed by atoms with Gasteiger partial charge in [0.1, 0.15) is 11.6 Å². The number of halogens is 2. The molecule has 6 heteroatoms. The summed E-state index contributed by atoms with van der Waals surface area (Å²) >= 11 is 1.65. The van der Waals surface area contributed by atoms with E-state index >= 15 is 0 Å². The minimum atomic E-state index is -0.584. The summed E-state index contributed by atoms with van der Waals surface area (Å²) in [6.07, 6.45) is 0.119. The van der Waals surface area contributed by atoms with E-state index in [1.807, 2.05) is 36.4 Å². The summed E-state index contributed by atoms with van der Waals surface area (Å²) in [7, 11) is 1.88. The van der Waals surface area contributed by atoms with E-state index in [0.717, 1.165) is 0 Å². The number of rotatable bonds is 7. The highest BCUT2D eigenvalue weighted by molar-refractivity contribution is 7.10. The first-order chi connectivity index (χ1) is 11.4. The van der Waals surface area contributed by atoms with Crippen molar-refractivity contribution in [2.24, 2.45) is 0 Å². The van der Waals surface area contributed by atoms with Crippen molar-refractivity contribution in [3.05, 3.63) is 57.8 Å². The third-order valence-electron chi connectivity index (χ3n) is 3.99. The van der Waals surface area contributed by atoms with Crippen molar-refractivity contribution >= 4 is 17.2 Å². The Balaban J connectivity index is 1.87. The molecule has 0 aliphatic heterocycles. The van der Waals surface area contributed by atoms with Crippen LogP contribution in [0.3, 0.4) is 0 Å². The highest BCUT2D eigenvalue weighted by atomic mass is 32.1. The minimum absolute atomic E-state index is 0.00519. The zero-order chi connectivity index (χ0) is 17.7. The number of nitrogens with one attached hydrogen (secondary N) is 1. The van der Waals surface area contributed by atoms with Gasteiger partial charge in [-0.1, -0.05) is 12.1 Å². The molecule has 1 N–H and O–H groups in total. The largest absolute Gasteiger partial charge is 0.352 e. The van der Waals surface area contributed by atoms with Crippen LogP contribution < -0.4 is 5.32 Å². The summed E-state index contributed by atoms with van der Waals surface area (Å²) in [6.45, 7) is 4.01. The number of hydrogen-bond donors (Lipinski definition) is 1. The number of carbonyl (C=O) groups excluding carboxylic acids is 1. The van der Waals surface area contributed by atoms with E-state index in [1.165, 1.54) is 23.1 Å². The number of thiophene rings is 1. The average molecular weight is 352 g/mol. The summed E-state index contributed by atoms with van der Waals surface area (Å²) in [6, 6.07) is 7.58. The molecule has 0 saturated heterocycles. The molecule has 1 amide bonds. The smallest absolute Gasteiger partial charge is 0.234 e. The van der Waals surface area contributed by atoms with Crippen LogP contribution in [0.5, 0.6) is 0 Å². The van der Waals surface area contributed by atoms with Gasteiger partial charge in [-0.25, -0.2) is 8.78 Å². The van der Waals surface area contributed by atoms with E-state index in [-0.39, 0.29) is 36.5 Å². The van der Waals surface area contributed by atoms with Crippen molar-refractivity contribution < 1.29 is 13.6 Å². The Morgan fingerprint density at radius 2 is 1.88 bits per heavy atom. The molecule has 2 atom stereocenters. The average Bonchev–Trinajstić information content (AvgIpc) is 3.04. The second-order valence-corrected chi connectivity index (χ2v) is 6.96. The fourth-order valence-corrected chi connectivity index (χ4v) is 3.36. The highest BCUT2D eigenvalue weighted by Gasteiger charge is 2.18. The number of amides is 1. The molecule has 2 aromatic rings. The van der Waals surface area contributed by atoms with E-state index in [9.17, 15) is 13.6 Å². The lowest BCUT2D eigenvalue weighted by Crippen LogP contribution is -2.41. The van der Waals surface area contributed by atoms with Crippen LogP contribution in [-0.2, 0) is 11.2 Å². The van der Waals surface area contributed by atoms with Crippen molar-refractivity contribution in [2.45, 2.75) is 32.4 Å². The number of nitrogens with zero attached hydrogens (tertiary/aromatic N) is 1. The summed E-state index contributed by atoms with van der Waals surface area (Å²) < 4.78 is 27.3. The van der Waals surface area contributed by atoms with Crippen molar-refractivity contribution in [1.82, 2.24) is 10.2 Å². The van der Waals surface area contributed by atoms with Gasteiger partial charge < -0.3 is 5.32 Å². The molecule has 3 nitrogen and oxygen atoms in total. The Hall–Kier alpha value is -1.79. The van der Waals surface area contributed by atoms with E-state index in [0.29, 0.717) is 0 Å². The van der Waals surface area contributed by atoms with Crippen molar-refractivity contribution in [3.8, 4) is 0 Å². The Labute approximate surface area is 145 Å². The monoisotopic (exact) mass is 352 g/mol. The van der Waals surface area contributed by atoms with Crippen LogP contribution in [-0.4, -0.2) is 30.4 Å². The van der Waals surface area contributed by atoms with Gasteiger partial charge in [-0.05, 0) is 50.9 Å². The van der Waals surface area contributed by atoms with Gasteiger partial charge in [-0.2, -0.15) is 0 Å². The number of carbonyl (C=O) groups is 1. The predicted octanol–water partition coefficient (Wildman–Crippen LogP) is 3.77. The number of likely N-dealkylation sites (N-methyl/N-ethyl adjacent to an activating group) is 1. The van der Waals surface area contributed by atoms with Gasteiger partial charge >= 0.3 is 0 Å². The lowest BCUT2D eigenvalue weighted by molar-refractivity contribution is -0.123. The second-order valence-electron chi connectivity index (χ2n) is 5.98. The first-order valence-corrected chi connectivity index (χ1v) is 8.72. The standard InChI is InChI=1S/C18H22F2N2OS/c1-12(10-14-15(19)6-4-7-16(14)20)21-18(23)11-22(3)13(2)17-8-5-9-24-17/h4-9,12-13H,10-11H2,1-3H3,(H,21,23). The van der Waals surface area contributed by atoms with Gasteiger partial charge in [0.05, 0.1) is 6.54 Å². The maximum atomic E-state index is 13.7. The van der Waals surface area contributed by atoms with E-state index in [4.69, 9.17) is 0 Å². The lowest BCUT2D eigenvalue weighted by atomic mass is 10.1. The molecule has 0 aliphatic rings. The molecule has 0 radical (unpaired) electrons. The topological polar surface area (TPSA) is 32.3 Å². The fraction of sp³-hybridized carbons (Fsp3) is 0.389. The van der Waals surface area contributed by atoms with Crippen molar-refractivity contribution in [3.63, 3.8) is 0 Å². The third-order valence-corrected chi connectivity index (χ3v) is 5.03. The van der Waals surface area contributed by atoms with Crippen molar-refractivity contribution in [2.75, 3.05) is 13.6 Å². The van der Waals surface area contributed by atoms with E-state index in [1.54, 1.807) is 18.3 Å². The first kappa shape index (κ1) is 18.5. The molecule has 0 bridgehead atoms. The second kappa shape index (κ2) is 8.35. The summed E-state index contributed by atoms with van der Waals surface area (Å²) in [5, 5.41) is 4.81. The van der Waals surface area contributed by atoms with Gasteiger partial charge in [-0.3, -0.25) is 9.69 Å². The van der Waals surface area contributed by atoms with Crippen LogP contribution >= 0.6 is 11.3 Å². The van der Waals surface area contributed by atoms with Crippen LogP contribution in [0.1, 0.15) is 30.3 Å². The molecule has 1 aromatic carbocycles. The molecule has 1 aromatic heterocycles. The summed E-state index contributed by atoms with van der Waals surface area (Å²) in [5.41, 5.74) is 0.00519. The van der Waals surface area contributed by atoms with Gasteiger partial charge in [-0.15, -0.1) is 11.3 Å². The Morgan fingerprint density at radius 1 is 1.21 bits per heavy atom. The van der Waals surface area contributed by atoms with E-state index in [2.05, 4.69) is 5.32 Å². The molecule has 0 spiro atoms. The molecule has 2 unspecified atom stereocenters. The summed E-state index contributed by atoms with van der Waals surface area (Å²) in [4.78, 5) is 15.3. The Morgan fingerprint density at radius 3 is 2.46 bits per heavy atom. The SMILES string of the molecule is CC(Cc1c(F)cccc1F)NC(=O)CN(C)C(C)c1cccs1. The number of hydrogen-bond acceptors (Lipinski definition) is 3. The molecule has 130 valence electrons. The van der Waals surface area contributed by atoms with Crippen LogP contribution in [0.25, 0.3) is 0 Å². The van der Waals surface area contributed by atoms with Gasteiger partial charge in [0.25, 0.3) is 0 Å². The zero-order valence-corrected chi connectivity index (χ0v) is 14.9. The molecule has 1 heterocycles. The van der Waals surface area contributed by atoms with Crippen LogP contribution in [0.2, 0.25) is 0 Å². The molecular weight excluding hydrogens is 330 g/mol. The Kier molecular flexibility index (Phi) is 6.45. The molecule has 0 aliphatic carbocycles. The minimum Gasteiger partial charge on any atom is -0.352 e. The quantitative estimate of drug-likeness (QED) is 0.823.